The second kappa shape index (κ2) is 15.5. The molecule has 0 N–H and O–H groups in total. The normalized spacial score (nSPS) is 12.6. The lowest BCUT2D eigenvalue weighted by atomic mass is 9.81. The molecule has 0 saturated heterocycles. The van der Waals surface area contributed by atoms with Crippen molar-refractivity contribution in [3.63, 3.8) is 0 Å². The highest BCUT2D eigenvalue weighted by Crippen LogP contribution is 2.50. The summed E-state index contributed by atoms with van der Waals surface area (Å²) in [5.74, 6) is 1.93. The maximum atomic E-state index is 5.02. The number of aromatic nitrogens is 3. The molecule has 10 aromatic carbocycles. The van der Waals surface area contributed by atoms with Crippen LogP contribution in [0.5, 0.6) is 0 Å². The molecule has 3 heteroatoms. The lowest BCUT2D eigenvalue weighted by Crippen LogP contribution is -2.14. The Hall–Kier alpha value is -8.27. The van der Waals surface area contributed by atoms with Gasteiger partial charge in [0.2, 0.25) is 0 Å². The van der Waals surface area contributed by atoms with Gasteiger partial charge in [0, 0.05) is 22.1 Å². The Bertz CT molecular complexity index is 3530. The van der Waals surface area contributed by atoms with Crippen LogP contribution in [-0.2, 0) is 5.41 Å². The second-order valence-electron chi connectivity index (χ2n) is 17.5. The third-order valence-corrected chi connectivity index (χ3v) is 13.4. The molecule has 1 heterocycles. The van der Waals surface area contributed by atoms with Crippen molar-refractivity contribution in [2.75, 3.05) is 0 Å². The fourth-order valence-corrected chi connectivity index (χ4v) is 10.0. The standard InChI is InChI=1S/C62H43N3/c1-62(2)55-24-14-13-23-53(55)54-38-35-48(39-56(54)62)40-25-27-43(28-26-40)51-36-33-41-15-9-11-21-49(41)57(51)58-50-22-12-10-16-42(50)34-37-52(58)44-29-31-47(32-30-44)61-64-59(45-17-5-3-6-18-45)63-60(65-61)46-19-7-4-8-20-46/h3-39H,1-2H3. The first-order chi connectivity index (χ1) is 32.0. The lowest BCUT2D eigenvalue weighted by Gasteiger charge is -2.22. The van der Waals surface area contributed by atoms with Gasteiger partial charge in [-0.1, -0.05) is 232 Å². The Morgan fingerprint density at radius 2 is 0.662 bits per heavy atom. The van der Waals surface area contributed by atoms with Gasteiger partial charge in [0.15, 0.2) is 17.5 Å². The Morgan fingerprint density at radius 1 is 0.277 bits per heavy atom. The van der Waals surface area contributed by atoms with Gasteiger partial charge in [-0.3, -0.25) is 0 Å². The molecule has 0 aliphatic heterocycles. The van der Waals surface area contributed by atoms with Crippen LogP contribution in [0.1, 0.15) is 25.0 Å². The first-order valence-corrected chi connectivity index (χ1v) is 22.3. The highest BCUT2D eigenvalue weighted by molar-refractivity contribution is 6.15. The van der Waals surface area contributed by atoms with E-state index in [1.54, 1.807) is 0 Å². The summed E-state index contributed by atoms with van der Waals surface area (Å²) in [4.78, 5) is 15.0. The van der Waals surface area contributed by atoms with E-state index in [4.69, 9.17) is 15.0 Å². The van der Waals surface area contributed by atoms with Crippen LogP contribution in [0, 0.1) is 0 Å². The molecule has 1 aromatic heterocycles. The van der Waals surface area contributed by atoms with E-state index >= 15 is 0 Å². The highest BCUT2D eigenvalue weighted by atomic mass is 15.0. The molecule has 1 aliphatic carbocycles. The molecule has 1 aliphatic rings. The predicted molar refractivity (Wildman–Crippen MR) is 270 cm³/mol. The average molecular weight is 830 g/mol. The quantitative estimate of drug-likeness (QED) is 0.161. The van der Waals surface area contributed by atoms with Gasteiger partial charge >= 0.3 is 0 Å². The molecular weight excluding hydrogens is 787 g/mol. The molecule has 0 spiro atoms. The summed E-state index contributed by atoms with van der Waals surface area (Å²) >= 11 is 0. The average Bonchev–Trinajstić information content (AvgIpc) is 3.61. The molecule has 65 heavy (non-hydrogen) atoms. The van der Waals surface area contributed by atoms with Crippen molar-refractivity contribution in [3.8, 4) is 89.8 Å². The number of benzene rings is 10. The van der Waals surface area contributed by atoms with Gasteiger partial charge in [-0.05, 0) is 94.4 Å². The summed E-state index contributed by atoms with van der Waals surface area (Å²) in [6.45, 7) is 4.70. The van der Waals surface area contributed by atoms with Crippen LogP contribution < -0.4 is 0 Å². The summed E-state index contributed by atoms with van der Waals surface area (Å²) in [5, 5.41) is 4.83. The minimum absolute atomic E-state index is 0.0526. The molecule has 0 atom stereocenters. The first-order valence-electron chi connectivity index (χ1n) is 22.3. The van der Waals surface area contributed by atoms with E-state index in [0.717, 1.165) is 27.8 Å². The van der Waals surface area contributed by atoms with Crippen LogP contribution in [0.3, 0.4) is 0 Å². The second-order valence-corrected chi connectivity index (χ2v) is 17.5. The van der Waals surface area contributed by atoms with Gasteiger partial charge in [0.25, 0.3) is 0 Å². The number of hydrogen-bond donors (Lipinski definition) is 0. The fourth-order valence-electron chi connectivity index (χ4n) is 10.0. The smallest absolute Gasteiger partial charge is 0.164 e. The number of rotatable bonds is 7. The van der Waals surface area contributed by atoms with E-state index in [9.17, 15) is 0 Å². The monoisotopic (exact) mass is 829 g/mol. The van der Waals surface area contributed by atoms with Gasteiger partial charge in [0.05, 0.1) is 0 Å². The van der Waals surface area contributed by atoms with Crippen molar-refractivity contribution < 1.29 is 0 Å². The third-order valence-electron chi connectivity index (χ3n) is 13.4. The van der Waals surface area contributed by atoms with Crippen LogP contribution in [0.2, 0.25) is 0 Å². The number of fused-ring (bicyclic) bond motifs is 5. The summed E-state index contributed by atoms with van der Waals surface area (Å²) in [5.41, 5.74) is 17.8. The molecule has 0 amide bonds. The molecule has 306 valence electrons. The van der Waals surface area contributed by atoms with Crippen LogP contribution >= 0.6 is 0 Å². The Kier molecular flexibility index (Phi) is 9.17. The van der Waals surface area contributed by atoms with Crippen molar-refractivity contribution in [2.45, 2.75) is 19.3 Å². The molecule has 0 radical (unpaired) electrons. The van der Waals surface area contributed by atoms with Gasteiger partial charge in [-0.25, -0.2) is 15.0 Å². The van der Waals surface area contributed by atoms with E-state index in [-0.39, 0.29) is 5.41 Å². The van der Waals surface area contributed by atoms with Crippen LogP contribution in [0.25, 0.3) is 111 Å². The zero-order valence-electron chi connectivity index (χ0n) is 36.2. The van der Waals surface area contributed by atoms with Gasteiger partial charge in [-0.15, -0.1) is 0 Å². The molecule has 12 rings (SSSR count). The topological polar surface area (TPSA) is 38.7 Å². The maximum Gasteiger partial charge on any atom is 0.164 e. The summed E-state index contributed by atoms with van der Waals surface area (Å²) in [7, 11) is 0. The minimum Gasteiger partial charge on any atom is -0.208 e. The van der Waals surface area contributed by atoms with E-state index in [0.29, 0.717) is 17.5 Å². The van der Waals surface area contributed by atoms with E-state index in [2.05, 4.69) is 178 Å². The molecule has 3 nitrogen and oxygen atoms in total. The summed E-state index contributed by atoms with van der Waals surface area (Å²) < 4.78 is 0. The van der Waals surface area contributed by atoms with Crippen molar-refractivity contribution in [1.82, 2.24) is 15.0 Å². The Morgan fingerprint density at radius 3 is 1.20 bits per heavy atom. The zero-order valence-corrected chi connectivity index (χ0v) is 36.2. The number of hydrogen-bond acceptors (Lipinski definition) is 3. The minimum atomic E-state index is -0.0526. The van der Waals surface area contributed by atoms with Crippen molar-refractivity contribution >= 4 is 21.5 Å². The van der Waals surface area contributed by atoms with Crippen LogP contribution in [0.4, 0.5) is 0 Å². The van der Waals surface area contributed by atoms with Gasteiger partial charge in [0.1, 0.15) is 0 Å². The third kappa shape index (κ3) is 6.63. The molecule has 0 fully saturated rings. The van der Waals surface area contributed by atoms with E-state index in [1.807, 2.05) is 60.7 Å². The van der Waals surface area contributed by atoms with Gasteiger partial charge in [-0.2, -0.15) is 0 Å². The van der Waals surface area contributed by atoms with Gasteiger partial charge < -0.3 is 0 Å². The van der Waals surface area contributed by atoms with Crippen molar-refractivity contribution in [1.29, 1.82) is 0 Å². The van der Waals surface area contributed by atoms with E-state index in [1.165, 1.54) is 77.2 Å². The summed E-state index contributed by atoms with van der Waals surface area (Å²) in [6, 6.07) is 80.7. The lowest BCUT2D eigenvalue weighted by molar-refractivity contribution is 0.660. The van der Waals surface area contributed by atoms with Crippen molar-refractivity contribution in [3.05, 3.63) is 236 Å². The summed E-state index contributed by atoms with van der Waals surface area (Å²) in [6.07, 6.45) is 0. The highest BCUT2D eigenvalue weighted by Gasteiger charge is 2.35. The predicted octanol–water partition coefficient (Wildman–Crippen LogP) is 16.2. The van der Waals surface area contributed by atoms with E-state index < -0.39 is 0 Å². The first kappa shape index (κ1) is 38.4. The van der Waals surface area contributed by atoms with Crippen LogP contribution in [0.15, 0.2) is 224 Å². The Labute approximate surface area is 379 Å². The van der Waals surface area contributed by atoms with Crippen LogP contribution in [-0.4, -0.2) is 15.0 Å². The van der Waals surface area contributed by atoms with Crippen molar-refractivity contribution in [2.24, 2.45) is 0 Å². The zero-order chi connectivity index (χ0) is 43.5. The maximum absolute atomic E-state index is 5.02. The molecule has 0 bridgehead atoms. The fraction of sp³-hybridized carbons (Fsp3) is 0.0484. The Balaban J connectivity index is 0.979. The molecule has 11 aromatic rings. The number of nitrogens with zero attached hydrogens (tertiary/aromatic N) is 3. The molecular formula is C62H43N3. The largest absolute Gasteiger partial charge is 0.208 e. The molecule has 0 saturated carbocycles. The molecule has 0 unspecified atom stereocenters. The SMILES string of the molecule is CC1(C)c2ccccc2-c2ccc(-c3ccc(-c4ccc5ccccc5c4-c4c(-c5ccc(-c6nc(-c7ccccc7)nc(-c7ccccc7)n6)cc5)ccc5ccccc45)cc3)cc21.